The van der Waals surface area contributed by atoms with Gasteiger partial charge in [0.05, 0.1) is 0 Å². The molecule has 0 saturated heterocycles. The van der Waals surface area contributed by atoms with Gasteiger partial charge in [-0.15, -0.1) is 0 Å². The summed E-state index contributed by atoms with van der Waals surface area (Å²) in [6.45, 7) is 8.06. The molecule has 0 radical (unpaired) electrons. The normalized spacial score (nSPS) is 16.0. The number of hydrogen-bond donors (Lipinski definition) is 1. The van der Waals surface area contributed by atoms with E-state index in [2.05, 4.69) is 32.2 Å². The van der Waals surface area contributed by atoms with Crippen LogP contribution in [0.15, 0.2) is 16.9 Å². The Morgan fingerprint density at radius 2 is 2.00 bits per heavy atom. The van der Waals surface area contributed by atoms with E-state index in [1.807, 2.05) is 10.6 Å². The van der Waals surface area contributed by atoms with Crippen LogP contribution in [0.2, 0.25) is 0 Å². The lowest BCUT2D eigenvalue weighted by Crippen LogP contribution is -2.32. The number of hydrogen-bond acceptors (Lipinski definition) is 2. The minimum Gasteiger partial charge on any atom is -0.312 e. The summed E-state index contributed by atoms with van der Waals surface area (Å²) in [7, 11) is 0. The molecule has 0 atom stereocenters. The zero-order valence-corrected chi connectivity index (χ0v) is 13.8. The van der Waals surface area contributed by atoms with Crippen LogP contribution in [0.1, 0.15) is 76.5 Å². The Hall–Kier alpha value is -1.09. The lowest BCUT2D eigenvalue weighted by molar-refractivity contribution is 0.513. The van der Waals surface area contributed by atoms with E-state index < -0.39 is 0 Å². The van der Waals surface area contributed by atoms with Gasteiger partial charge in [0, 0.05) is 30.4 Å². The Morgan fingerprint density at radius 1 is 1.29 bits per heavy atom. The molecule has 1 fully saturated rings. The predicted molar refractivity (Wildman–Crippen MR) is 88.8 cm³/mol. The monoisotopic (exact) mass is 290 g/mol. The van der Waals surface area contributed by atoms with Crippen molar-refractivity contribution in [3.8, 4) is 0 Å². The summed E-state index contributed by atoms with van der Waals surface area (Å²) >= 11 is 0. The van der Waals surface area contributed by atoms with E-state index in [-0.39, 0.29) is 5.56 Å². The number of pyridine rings is 1. The SMILES string of the molecule is CCCCn1c(C(C)C)ccc(CNC2CCCC2)c1=O. The number of rotatable bonds is 7. The summed E-state index contributed by atoms with van der Waals surface area (Å²) in [5, 5.41) is 3.56. The molecule has 0 unspecified atom stereocenters. The molecular weight excluding hydrogens is 260 g/mol. The maximum absolute atomic E-state index is 12.7. The highest BCUT2D eigenvalue weighted by molar-refractivity contribution is 5.18. The summed E-state index contributed by atoms with van der Waals surface area (Å²) < 4.78 is 2.00. The lowest BCUT2D eigenvalue weighted by Gasteiger charge is -2.18. The molecule has 3 nitrogen and oxygen atoms in total. The fourth-order valence-corrected chi connectivity index (χ4v) is 3.21. The van der Waals surface area contributed by atoms with E-state index in [4.69, 9.17) is 0 Å². The van der Waals surface area contributed by atoms with Crippen LogP contribution >= 0.6 is 0 Å². The molecule has 0 aromatic carbocycles. The van der Waals surface area contributed by atoms with Crippen molar-refractivity contribution in [2.75, 3.05) is 0 Å². The van der Waals surface area contributed by atoms with Crippen LogP contribution in [0.3, 0.4) is 0 Å². The first-order valence-corrected chi connectivity index (χ1v) is 8.59. The first-order chi connectivity index (χ1) is 10.1. The van der Waals surface area contributed by atoms with Gasteiger partial charge >= 0.3 is 0 Å². The van der Waals surface area contributed by atoms with Crippen molar-refractivity contribution >= 4 is 0 Å². The maximum atomic E-state index is 12.7. The molecule has 0 bridgehead atoms. The summed E-state index contributed by atoms with van der Waals surface area (Å²) in [4.78, 5) is 12.7. The summed E-state index contributed by atoms with van der Waals surface area (Å²) in [5.74, 6) is 0.395. The number of aromatic nitrogens is 1. The van der Waals surface area contributed by atoms with Gasteiger partial charge in [0.2, 0.25) is 0 Å². The van der Waals surface area contributed by atoms with Crippen molar-refractivity contribution in [1.82, 2.24) is 9.88 Å². The fourth-order valence-electron chi connectivity index (χ4n) is 3.21. The first-order valence-electron chi connectivity index (χ1n) is 8.59. The molecule has 1 N–H and O–H groups in total. The van der Waals surface area contributed by atoms with Crippen LogP contribution < -0.4 is 10.9 Å². The molecule has 3 heteroatoms. The molecular formula is C18H30N2O. The summed E-state index contributed by atoms with van der Waals surface area (Å²) in [5.41, 5.74) is 2.29. The van der Waals surface area contributed by atoms with E-state index in [0.29, 0.717) is 18.5 Å². The second-order valence-electron chi connectivity index (χ2n) is 6.61. The number of unbranched alkanes of at least 4 members (excludes halogenated alkanes) is 1. The van der Waals surface area contributed by atoms with Gasteiger partial charge in [0.25, 0.3) is 5.56 Å². The standard InChI is InChI=1S/C18H30N2O/c1-4-5-12-20-17(14(2)3)11-10-15(18(20)21)13-19-16-8-6-7-9-16/h10-11,14,16,19H,4-9,12-13H2,1-3H3. The van der Waals surface area contributed by atoms with Gasteiger partial charge in [-0.1, -0.05) is 46.1 Å². The van der Waals surface area contributed by atoms with Gasteiger partial charge in [-0.3, -0.25) is 4.79 Å². The third-order valence-corrected chi connectivity index (χ3v) is 4.55. The highest BCUT2D eigenvalue weighted by Crippen LogP contribution is 2.18. The van der Waals surface area contributed by atoms with Crippen molar-refractivity contribution in [2.45, 2.75) is 84.3 Å². The van der Waals surface area contributed by atoms with Crippen molar-refractivity contribution in [2.24, 2.45) is 0 Å². The summed E-state index contributed by atoms with van der Waals surface area (Å²) in [6.07, 6.45) is 7.35. The van der Waals surface area contributed by atoms with E-state index >= 15 is 0 Å². The first kappa shape index (κ1) is 16.3. The van der Waals surface area contributed by atoms with Crippen molar-refractivity contribution in [3.63, 3.8) is 0 Å². The van der Waals surface area contributed by atoms with Gasteiger partial charge in [0.15, 0.2) is 0 Å². The molecule has 2 rings (SSSR count). The summed E-state index contributed by atoms with van der Waals surface area (Å²) in [6, 6.07) is 4.79. The van der Waals surface area contributed by atoms with E-state index in [0.717, 1.165) is 30.6 Å². The molecule has 0 aliphatic heterocycles. The number of nitrogens with one attached hydrogen (secondary N) is 1. The molecule has 1 aliphatic rings. The second-order valence-corrected chi connectivity index (χ2v) is 6.61. The average Bonchev–Trinajstić information content (AvgIpc) is 2.97. The lowest BCUT2D eigenvalue weighted by atomic mass is 10.1. The zero-order chi connectivity index (χ0) is 15.2. The molecule has 1 aromatic heterocycles. The molecule has 0 spiro atoms. The van der Waals surface area contributed by atoms with Crippen LogP contribution in [-0.4, -0.2) is 10.6 Å². The van der Waals surface area contributed by atoms with Gasteiger partial charge in [-0.2, -0.15) is 0 Å². The highest BCUT2D eigenvalue weighted by atomic mass is 16.1. The van der Waals surface area contributed by atoms with Crippen molar-refractivity contribution in [1.29, 1.82) is 0 Å². The second kappa shape index (κ2) is 7.79. The predicted octanol–water partition coefficient (Wildman–Crippen LogP) is 3.80. The smallest absolute Gasteiger partial charge is 0.255 e. The topological polar surface area (TPSA) is 34.0 Å². The zero-order valence-electron chi connectivity index (χ0n) is 13.8. The van der Waals surface area contributed by atoms with Crippen LogP contribution in [0.5, 0.6) is 0 Å². The van der Waals surface area contributed by atoms with E-state index in [9.17, 15) is 4.79 Å². The molecule has 118 valence electrons. The van der Waals surface area contributed by atoms with Crippen LogP contribution in [0.25, 0.3) is 0 Å². The van der Waals surface area contributed by atoms with E-state index in [1.54, 1.807) is 0 Å². The van der Waals surface area contributed by atoms with Gasteiger partial charge in [-0.05, 0) is 31.2 Å². The van der Waals surface area contributed by atoms with Crippen LogP contribution in [0.4, 0.5) is 0 Å². The fraction of sp³-hybridized carbons (Fsp3) is 0.722. The van der Waals surface area contributed by atoms with Gasteiger partial charge in [-0.25, -0.2) is 0 Å². The maximum Gasteiger partial charge on any atom is 0.255 e. The average molecular weight is 290 g/mol. The minimum absolute atomic E-state index is 0.208. The minimum atomic E-state index is 0.208. The molecule has 1 saturated carbocycles. The van der Waals surface area contributed by atoms with Crippen molar-refractivity contribution in [3.05, 3.63) is 33.7 Å². The molecule has 21 heavy (non-hydrogen) atoms. The molecule has 1 aromatic rings. The molecule has 1 heterocycles. The van der Waals surface area contributed by atoms with E-state index in [1.165, 1.54) is 25.7 Å². The Kier molecular flexibility index (Phi) is 6.04. The van der Waals surface area contributed by atoms with Crippen molar-refractivity contribution < 1.29 is 0 Å². The number of nitrogens with zero attached hydrogens (tertiary/aromatic N) is 1. The van der Waals surface area contributed by atoms with Gasteiger partial charge < -0.3 is 9.88 Å². The highest BCUT2D eigenvalue weighted by Gasteiger charge is 2.16. The Morgan fingerprint density at radius 3 is 2.62 bits per heavy atom. The molecule has 0 amide bonds. The van der Waals surface area contributed by atoms with Gasteiger partial charge in [0.1, 0.15) is 0 Å². The largest absolute Gasteiger partial charge is 0.312 e. The Bertz CT molecular complexity index is 498. The third-order valence-electron chi connectivity index (χ3n) is 4.55. The van der Waals surface area contributed by atoms with Crippen LogP contribution in [-0.2, 0) is 13.1 Å². The Labute approximate surface area is 128 Å². The Balaban J connectivity index is 2.15. The van der Waals surface area contributed by atoms with Crippen LogP contribution in [0, 0.1) is 0 Å². The quantitative estimate of drug-likeness (QED) is 0.828. The third kappa shape index (κ3) is 4.19. The molecule has 1 aliphatic carbocycles.